The van der Waals surface area contributed by atoms with Crippen LogP contribution in [0.5, 0.6) is 11.5 Å². The van der Waals surface area contributed by atoms with Crippen molar-refractivity contribution in [2.75, 3.05) is 48.9 Å². The van der Waals surface area contributed by atoms with Gasteiger partial charge in [0.25, 0.3) is 5.91 Å². The van der Waals surface area contributed by atoms with E-state index in [0.29, 0.717) is 34.5 Å². The number of nitrogens with two attached hydrogens (primary N) is 1. The van der Waals surface area contributed by atoms with Crippen molar-refractivity contribution in [2.24, 2.45) is 0 Å². The van der Waals surface area contributed by atoms with Crippen molar-refractivity contribution in [1.29, 1.82) is 0 Å². The summed E-state index contributed by atoms with van der Waals surface area (Å²) in [6.07, 6.45) is 0. The number of nitrogen functional groups attached to an aromatic ring is 1. The molecular formula is C21H26N4O3. The molecule has 148 valence electrons. The van der Waals surface area contributed by atoms with Crippen LogP contribution in [0.15, 0.2) is 36.4 Å². The number of piperazine rings is 1. The number of rotatable bonds is 4. The number of hydrogen-bond acceptors (Lipinski definition) is 6. The van der Waals surface area contributed by atoms with Crippen LogP contribution < -0.4 is 25.4 Å². The molecule has 0 radical (unpaired) electrons. The van der Waals surface area contributed by atoms with Crippen molar-refractivity contribution >= 4 is 23.0 Å². The van der Waals surface area contributed by atoms with Gasteiger partial charge in [-0.15, -0.1) is 0 Å². The van der Waals surface area contributed by atoms with Gasteiger partial charge in [0.1, 0.15) is 0 Å². The first-order valence-electron chi connectivity index (χ1n) is 9.61. The van der Waals surface area contributed by atoms with Crippen molar-refractivity contribution in [3.8, 4) is 11.5 Å². The van der Waals surface area contributed by atoms with Gasteiger partial charge >= 0.3 is 0 Å². The fourth-order valence-corrected chi connectivity index (χ4v) is 3.58. The fourth-order valence-electron chi connectivity index (χ4n) is 3.58. The summed E-state index contributed by atoms with van der Waals surface area (Å²) in [5, 5.41) is 2.85. The molecule has 0 spiro atoms. The molecule has 0 bridgehead atoms. The number of fused-ring (bicyclic) bond motifs is 1. The molecular weight excluding hydrogens is 356 g/mol. The highest BCUT2D eigenvalue weighted by molar-refractivity contribution is 6.06. The quantitative estimate of drug-likeness (QED) is 0.792. The van der Waals surface area contributed by atoms with Gasteiger partial charge in [-0.3, -0.25) is 9.69 Å². The lowest BCUT2D eigenvalue weighted by atomic mass is 10.1. The molecule has 0 aliphatic carbocycles. The Morgan fingerprint density at radius 3 is 2.32 bits per heavy atom. The van der Waals surface area contributed by atoms with Gasteiger partial charge in [-0.2, -0.15) is 0 Å². The maximum atomic E-state index is 12.6. The summed E-state index contributed by atoms with van der Waals surface area (Å²) < 4.78 is 10.6. The summed E-state index contributed by atoms with van der Waals surface area (Å²) in [5.41, 5.74) is 8.70. The maximum absolute atomic E-state index is 12.6. The molecule has 0 aromatic heterocycles. The van der Waals surface area contributed by atoms with Crippen LogP contribution in [0.2, 0.25) is 0 Å². The predicted molar refractivity (Wildman–Crippen MR) is 110 cm³/mol. The zero-order valence-electron chi connectivity index (χ0n) is 16.3. The smallest absolute Gasteiger partial charge is 0.255 e. The monoisotopic (exact) mass is 382 g/mol. The van der Waals surface area contributed by atoms with E-state index >= 15 is 0 Å². The molecule has 0 saturated carbocycles. The lowest BCUT2D eigenvalue weighted by Crippen LogP contribution is -2.48. The van der Waals surface area contributed by atoms with Gasteiger partial charge in [0.2, 0.25) is 6.79 Å². The number of anilines is 3. The van der Waals surface area contributed by atoms with Gasteiger partial charge in [0.05, 0.1) is 11.4 Å². The molecule has 3 N–H and O–H groups in total. The molecule has 4 rings (SSSR count). The molecule has 1 saturated heterocycles. The Hall–Kier alpha value is -2.93. The summed E-state index contributed by atoms with van der Waals surface area (Å²) >= 11 is 0. The van der Waals surface area contributed by atoms with Crippen LogP contribution in [-0.2, 0) is 0 Å². The lowest BCUT2D eigenvalue weighted by molar-refractivity contribution is 0.102. The zero-order chi connectivity index (χ0) is 19.7. The minimum absolute atomic E-state index is 0.166. The van der Waals surface area contributed by atoms with Gasteiger partial charge < -0.3 is 25.4 Å². The minimum Gasteiger partial charge on any atom is -0.454 e. The molecule has 2 aliphatic heterocycles. The van der Waals surface area contributed by atoms with E-state index in [0.717, 1.165) is 31.9 Å². The molecule has 1 fully saturated rings. The van der Waals surface area contributed by atoms with Crippen molar-refractivity contribution in [1.82, 2.24) is 4.90 Å². The van der Waals surface area contributed by atoms with E-state index in [4.69, 9.17) is 15.2 Å². The Balaban J connectivity index is 1.41. The predicted octanol–water partition coefficient (Wildman–Crippen LogP) is 2.78. The van der Waals surface area contributed by atoms with Crippen LogP contribution in [-0.4, -0.2) is 49.8 Å². The van der Waals surface area contributed by atoms with Gasteiger partial charge in [0, 0.05) is 55.6 Å². The van der Waals surface area contributed by atoms with Crippen LogP contribution in [0.4, 0.5) is 17.1 Å². The Labute approximate surface area is 165 Å². The van der Waals surface area contributed by atoms with Crippen LogP contribution in [0.1, 0.15) is 24.2 Å². The Morgan fingerprint density at radius 1 is 1.04 bits per heavy atom. The number of carbonyl (C=O) groups excluding carboxylic acids is 1. The fraction of sp³-hybridized carbons (Fsp3) is 0.381. The molecule has 2 aromatic carbocycles. The summed E-state index contributed by atoms with van der Waals surface area (Å²) in [6.45, 7) is 8.74. The highest BCUT2D eigenvalue weighted by Gasteiger charge is 2.20. The second kappa shape index (κ2) is 7.59. The van der Waals surface area contributed by atoms with Gasteiger partial charge in [-0.25, -0.2) is 0 Å². The van der Waals surface area contributed by atoms with Gasteiger partial charge in [0.15, 0.2) is 11.5 Å². The molecule has 7 heteroatoms. The standard InChI is InChI=1S/C21H26N4O3/c1-14(2)24-7-9-25(10-8-24)16-5-3-15(4-6-16)21(26)23-18-12-20-19(11-17(18)22)27-13-28-20/h3-6,11-12,14H,7-10,13,22H2,1-2H3,(H,23,26). The van der Waals surface area contributed by atoms with Crippen LogP contribution in [0.3, 0.4) is 0 Å². The highest BCUT2D eigenvalue weighted by Crippen LogP contribution is 2.38. The molecule has 2 aliphatic rings. The topological polar surface area (TPSA) is 80.1 Å². The third-order valence-electron chi connectivity index (χ3n) is 5.33. The van der Waals surface area contributed by atoms with E-state index in [1.165, 1.54) is 0 Å². The average molecular weight is 382 g/mol. The largest absolute Gasteiger partial charge is 0.454 e. The van der Waals surface area contributed by atoms with Crippen LogP contribution in [0.25, 0.3) is 0 Å². The molecule has 0 unspecified atom stereocenters. The van der Waals surface area contributed by atoms with E-state index < -0.39 is 0 Å². The number of nitrogens with zero attached hydrogens (tertiary/aromatic N) is 2. The third-order valence-corrected chi connectivity index (χ3v) is 5.33. The number of carbonyl (C=O) groups is 1. The highest BCUT2D eigenvalue weighted by atomic mass is 16.7. The first-order valence-corrected chi connectivity index (χ1v) is 9.61. The number of benzene rings is 2. The molecule has 2 aromatic rings. The number of hydrogen-bond donors (Lipinski definition) is 2. The van der Waals surface area contributed by atoms with Gasteiger partial charge in [-0.1, -0.05) is 0 Å². The summed E-state index contributed by atoms with van der Waals surface area (Å²) in [7, 11) is 0. The van der Waals surface area contributed by atoms with Crippen LogP contribution in [0, 0.1) is 0 Å². The number of nitrogens with one attached hydrogen (secondary N) is 1. The van der Waals surface area contributed by atoms with E-state index in [-0.39, 0.29) is 12.7 Å². The van der Waals surface area contributed by atoms with E-state index in [9.17, 15) is 4.79 Å². The lowest BCUT2D eigenvalue weighted by Gasteiger charge is -2.38. The average Bonchev–Trinajstić information content (AvgIpc) is 3.15. The number of ether oxygens (including phenoxy) is 2. The van der Waals surface area contributed by atoms with E-state index in [1.807, 2.05) is 24.3 Å². The summed E-state index contributed by atoms with van der Waals surface area (Å²) in [5.74, 6) is 0.972. The first kappa shape index (κ1) is 18.4. The van der Waals surface area contributed by atoms with Crippen LogP contribution >= 0.6 is 0 Å². The van der Waals surface area contributed by atoms with Crippen molar-refractivity contribution < 1.29 is 14.3 Å². The summed E-state index contributed by atoms with van der Waals surface area (Å²) in [6, 6.07) is 11.6. The molecule has 7 nitrogen and oxygen atoms in total. The number of amides is 1. The Morgan fingerprint density at radius 2 is 1.68 bits per heavy atom. The van der Waals surface area contributed by atoms with E-state index in [1.54, 1.807) is 12.1 Å². The second-order valence-electron chi connectivity index (χ2n) is 7.41. The zero-order valence-corrected chi connectivity index (χ0v) is 16.3. The van der Waals surface area contributed by atoms with Gasteiger partial charge in [-0.05, 0) is 38.1 Å². The summed E-state index contributed by atoms with van der Waals surface area (Å²) in [4.78, 5) is 17.5. The van der Waals surface area contributed by atoms with Crippen molar-refractivity contribution in [3.05, 3.63) is 42.0 Å². The third kappa shape index (κ3) is 3.71. The minimum atomic E-state index is -0.207. The maximum Gasteiger partial charge on any atom is 0.255 e. The second-order valence-corrected chi connectivity index (χ2v) is 7.41. The molecule has 2 heterocycles. The molecule has 28 heavy (non-hydrogen) atoms. The molecule has 1 amide bonds. The van der Waals surface area contributed by atoms with Crippen molar-refractivity contribution in [3.63, 3.8) is 0 Å². The Kier molecular flexibility index (Phi) is 5.00. The SMILES string of the molecule is CC(C)N1CCN(c2ccc(C(=O)Nc3cc4c(cc3N)OCO4)cc2)CC1. The van der Waals surface area contributed by atoms with Crippen molar-refractivity contribution in [2.45, 2.75) is 19.9 Å². The van der Waals surface area contributed by atoms with E-state index in [2.05, 4.69) is 29.0 Å². The molecule has 0 atom stereocenters. The normalized spacial score (nSPS) is 16.5. The first-order chi connectivity index (χ1) is 13.5. The Bertz CT molecular complexity index is 859.